The minimum atomic E-state index is -8.35. The molecular formula is C50H104F26O16Si16. The summed E-state index contributed by atoms with van der Waals surface area (Å²) in [5.74, 6) is -79.1. The van der Waals surface area contributed by atoms with Crippen LogP contribution in [0.5, 0.6) is 0 Å². The average Bonchev–Trinajstić information content (AvgIpc) is 0.715. The Morgan fingerprint density at radius 1 is 0.213 bits per heavy atom. The van der Waals surface area contributed by atoms with Crippen LogP contribution in [0.4, 0.5) is 114 Å². The van der Waals surface area contributed by atoms with Crippen LogP contribution < -0.4 is 0 Å². The second kappa shape index (κ2) is 33.6. The van der Waals surface area contributed by atoms with Crippen molar-refractivity contribution in [1.29, 1.82) is 0 Å². The standard InChI is InChI=1S/C50H104F26O16Si16/c1-93(2,3)79-103(77,37-33-39(51,52)41(55,56)43(59,60)45(63,64)47(67,68)49(71,72)73)89-105(81-95(7,8)9,91-107(83-97(13,14)15,84-98(16,17)18)85-99(19,20)21)35-31-32-36-106(82-96(10,11)12,92-108(86-100(22,23)24,87-101(25,26)27)88-102(28,29)30)90-104(78,80-94(4,5)6)38-34-40(53,54)42(57,58)44(61,62)46(65,66)48(69,70)50(74,75)76/h31-32,35-36,77-78H,33-34,37-38H2,1-30H3/b35-31+,36-32+. The zero-order valence-electron chi connectivity index (χ0n) is 65.6. The van der Waals surface area contributed by atoms with Gasteiger partial charge in [-0.15, -0.1) is 0 Å². The van der Waals surface area contributed by atoms with E-state index in [1.165, 1.54) is 39.3 Å². The van der Waals surface area contributed by atoms with Crippen LogP contribution in [0, 0.1) is 0 Å². The predicted octanol–water partition coefficient (Wildman–Crippen LogP) is 20.6. The first-order chi connectivity index (χ1) is 46.0. The van der Waals surface area contributed by atoms with Gasteiger partial charge in [-0.05, 0) is 208 Å². The Hall–Kier alpha value is 0.490. The molecule has 0 spiro atoms. The van der Waals surface area contributed by atoms with Gasteiger partial charge in [0.05, 0.1) is 0 Å². The fraction of sp³-hybridized carbons (Fsp3) is 0.920. The highest BCUT2D eigenvalue weighted by Crippen LogP contribution is 2.63. The van der Waals surface area contributed by atoms with Crippen LogP contribution in [0.3, 0.4) is 0 Å². The van der Waals surface area contributed by atoms with Crippen molar-refractivity contribution in [3.8, 4) is 0 Å². The molecule has 0 aliphatic heterocycles. The van der Waals surface area contributed by atoms with E-state index in [2.05, 4.69) is 0 Å². The van der Waals surface area contributed by atoms with Crippen LogP contribution in [0.2, 0.25) is 208 Å². The summed E-state index contributed by atoms with van der Waals surface area (Å²) in [5, 5.41) is 0. The zero-order valence-corrected chi connectivity index (χ0v) is 81.6. The smallest absolute Gasteiger partial charge is 0.416 e. The van der Waals surface area contributed by atoms with Crippen molar-refractivity contribution in [2.24, 2.45) is 0 Å². The molecule has 0 bridgehead atoms. The van der Waals surface area contributed by atoms with E-state index < -0.39 is 233 Å². The number of alkyl halides is 26. The van der Waals surface area contributed by atoms with E-state index in [9.17, 15) is 71.1 Å². The first-order valence-corrected chi connectivity index (χ1v) is 77.5. The molecule has 0 aliphatic carbocycles. The van der Waals surface area contributed by atoms with Crippen molar-refractivity contribution in [3.05, 3.63) is 23.6 Å². The van der Waals surface area contributed by atoms with Crippen molar-refractivity contribution < 1.29 is 181 Å². The highest BCUT2D eigenvalue weighted by atomic mass is 28.6. The molecule has 0 rings (SSSR count). The summed E-state index contributed by atoms with van der Waals surface area (Å²) in [7, 11) is -71.1. The summed E-state index contributed by atoms with van der Waals surface area (Å²) in [6, 6.07) is -4.57. The first-order valence-electron chi connectivity index (χ1n) is 32.6. The van der Waals surface area contributed by atoms with Gasteiger partial charge in [0, 0.05) is 24.9 Å². The van der Waals surface area contributed by atoms with Crippen LogP contribution in [-0.4, -0.2) is 218 Å². The van der Waals surface area contributed by atoms with Gasteiger partial charge in [-0.3, -0.25) is 0 Å². The summed E-state index contributed by atoms with van der Waals surface area (Å²) in [4.78, 5) is 25.8. The third kappa shape index (κ3) is 30.4. The lowest BCUT2D eigenvalue weighted by atomic mass is 9.93. The summed E-state index contributed by atoms with van der Waals surface area (Å²) in [6.45, 7) is 42.7. The Labute approximate surface area is 631 Å². The van der Waals surface area contributed by atoms with E-state index in [1.54, 1.807) is 118 Å². The van der Waals surface area contributed by atoms with Crippen LogP contribution in [0.15, 0.2) is 23.6 Å². The van der Waals surface area contributed by atoms with Crippen LogP contribution in [0.25, 0.3) is 0 Å². The van der Waals surface area contributed by atoms with E-state index in [0.29, 0.717) is 11.4 Å². The SMILES string of the molecule is C[Si](C)(C)O[Si](O)(CCC(F)(F)C(F)(F)C(F)(F)C(F)(F)C(F)(F)C(F)(F)F)O[Si](/C=C/C=C/[Si](O[Si](C)(C)C)(O[Si](O)(CCC(F)(F)C(F)(F)C(F)(F)C(F)(F)C(F)(F)C(F)(F)F)O[Si](C)(C)C)O[Si](O[Si](C)(C)C)(O[Si](C)(C)C)O[Si](C)(C)C)(O[Si](C)(C)C)O[Si](O[Si](C)(C)C)(O[Si](C)(C)C)O[Si](C)(C)C. The molecule has 0 saturated heterocycles. The summed E-state index contributed by atoms with van der Waals surface area (Å²) in [6.07, 6.45) is -20.3. The molecule has 16 nitrogen and oxygen atoms in total. The van der Waals surface area contributed by atoms with E-state index in [4.69, 9.17) is 57.6 Å². The highest BCUT2D eigenvalue weighted by molar-refractivity contribution is 6.97. The third-order valence-corrected chi connectivity index (χ3v) is 59.2. The summed E-state index contributed by atoms with van der Waals surface area (Å²) < 4.78 is 474. The Bertz CT molecular complexity index is 2740. The number of hydrogen-bond acceptors (Lipinski definition) is 16. The Balaban J connectivity index is 10.7. The van der Waals surface area contributed by atoms with Gasteiger partial charge >= 0.3 is 125 Å². The van der Waals surface area contributed by atoms with Crippen molar-refractivity contribution in [2.45, 2.75) is 293 Å². The van der Waals surface area contributed by atoms with Crippen LogP contribution >= 0.6 is 0 Å². The fourth-order valence-corrected chi connectivity index (χ4v) is 63.5. The second-order valence-electron chi connectivity index (χ2n) is 34.9. The number of rotatable bonds is 45. The quantitative estimate of drug-likeness (QED) is 0.0335. The van der Waals surface area contributed by atoms with Crippen molar-refractivity contribution in [2.75, 3.05) is 0 Å². The van der Waals surface area contributed by atoms with Gasteiger partial charge in [0.25, 0.3) is 0 Å². The maximum atomic E-state index is 16.2. The largest absolute Gasteiger partial charge is 0.640 e. The number of hydrogen-bond donors (Lipinski definition) is 2. The molecule has 0 aromatic rings. The number of allylic oxidation sites excluding steroid dienone is 2. The first kappa shape index (κ1) is 108. The molecule has 58 heteroatoms. The van der Waals surface area contributed by atoms with Crippen molar-refractivity contribution in [1.82, 2.24) is 0 Å². The van der Waals surface area contributed by atoms with Gasteiger partial charge in [0.1, 0.15) is 0 Å². The Morgan fingerprint density at radius 2 is 0.380 bits per heavy atom. The van der Waals surface area contributed by atoms with Crippen LogP contribution in [-0.2, 0) is 57.6 Å². The van der Waals surface area contributed by atoms with Crippen molar-refractivity contribution >= 4 is 136 Å². The van der Waals surface area contributed by atoms with Gasteiger partial charge in [-0.1, -0.05) is 12.2 Å². The molecule has 4 unspecified atom stereocenters. The second-order valence-corrected chi connectivity index (χ2v) is 97.5. The number of halogens is 26. The van der Waals surface area contributed by atoms with E-state index >= 15 is 52.7 Å². The lowest BCUT2D eigenvalue weighted by Gasteiger charge is -2.47. The van der Waals surface area contributed by atoms with E-state index in [0.717, 1.165) is 51.4 Å². The lowest BCUT2D eigenvalue weighted by molar-refractivity contribution is -0.440. The Kier molecular flexibility index (Phi) is 33.7. The van der Waals surface area contributed by atoms with Crippen molar-refractivity contribution in [3.63, 3.8) is 0 Å². The van der Waals surface area contributed by atoms with Gasteiger partial charge in [0.2, 0.25) is 0 Å². The Morgan fingerprint density at radius 3 is 0.537 bits per heavy atom. The average molecular weight is 1900 g/mol. The molecule has 0 fully saturated rings. The molecule has 0 aliphatic rings. The normalized spacial score (nSPS) is 18.4. The molecule has 4 atom stereocenters. The topological polar surface area (TPSA) is 170 Å². The van der Waals surface area contributed by atoms with E-state index in [1.807, 2.05) is 0 Å². The maximum absolute atomic E-state index is 16.2. The molecule has 0 heterocycles. The van der Waals surface area contributed by atoms with Crippen LogP contribution in [0.1, 0.15) is 12.8 Å². The molecule has 0 radical (unpaired) electrons. The van der Waals surface area contributed by atoms with Gasteiger partial charge in [0.15, 0.2) is 83.2 Å². The predicted molar refractivity (Wildman–Crippen MR) is 386 cm³/mol. The summed E-state index contributed by atoms with van der Waals surface area (Å²) in [5.41, 5.74) is 1.36. The minimum Gasteiger partial charge on any atom is -0.416 e. The molecule has 0 saturated carbocycles. The molecule has 2 N–H and O–H groups in total. The summed E-state index contributed by atoms with van der Waals surface area (Å²) >= 11 is 0. The molecular weight excluding hydrogens is 1800 g/mol. The fourth-order valence-electron chi connectivity index (χ4n) is 8.57. The molecule has 646 valence electrons. The monoisotopic (exact) mass is 1900 g/mol. The van der Waals surface area contributed by atoms with Gasteiger partial charge in [-0.25, -0.2) is 0 Å². The maximum Gasteiger partial charge on any atom is 0.640 e. The minimum absolute atomic E-state index is 0.682. The molecule has 0 amide bonds. The molecule has 108 heavy (non-hydrogen) atoms. The molecule has 0 aromatic carbocycles. The highest BCUT2D eigenvalue weighted by Gasteiger charge is 2.92. The lowest BCUT2D eigenvalue weighted by Crippen LogP contribution is -2.71. The van der Waals surface area contributed by atoms with Gasteiger partial charge in [-0.2, -0.15) is 114 Å². The zero-order chi connectivity index (χ0) is 87.6. The van der Waals surface area contributed by atoms with E-state index in [-0.39, 0.29) is 0 Å². The van der Waals surface area contributed by atoms with Gasteiger partial charge < -0.3 is 67.2 Å². The third-order valence-electron chi connectivity index (χ3n) is 11.8. The molecule has 0 aromatic heterocycles.